The number of hydrogen-bond donors (Lipinski definition) is 2. The fourth-order valence-corrected chi connectivity index (χ4v) is 3.62. The van der Waals surface area contributed by atoms with Gasteiger partial charge in [0.15, 0.2) is 0 Å². The zero-order chi connectivity index (χ0) is 15.5. The van der Waals surface area contributed by atoms with E-state index in [9.17, 15) is 12.8 Å². The van der Waals surface area contributed by atoms with Crippen molar-refractivity contribution in [2.45, 2.75) is 24.9 Å². The quantitative estimate of drug-likeness (QED) is 0.847. The molecule has 5 nitrogen and oxygen atoms in total. The minimum atomic E-state index is -3.68. The molecule has 0 amide bonds. The van der Waals surface area contributed by atoms with E-state index in [1.165, 1.54) is 23.5 Å². The fourth-order valence-electron chi connectivity index (χ4n) is 1.77. The summed E-state index contributed by atoms with van der Waals surface area (Å²) < 4.78 is 40.4. The minimum absolute atomic E-state index is 0.0439. The van der Waals surface area contributed by atoms with E-state index in [1.54, 1.807) is 13.2 Å². The second-order valence-electron chi connectivity index (χ2n) is 4.47. The molecule has 114 valence electrons. The van der Waals surface area contributed by atoms with Gasteiger partial charge in [0, 0.05) is 23.2 Å². The molecule has 0 radical (unpaired) electrons. The van der Waals surface area contributed by atoms with E-state index in [0.717, 1.165) is 10.9 Å². The fraction of sp³-hybridized carbons (Fsp3) is 0.308. The number of halogens is 1. The van der Waals surface area contributed by atoms with Gasteiger partial charge in [0.25, 0.3) is 0 Å². The monoisotopic (exact) mass is 329 g/mol. The van der Waals surface area contributed by atoms with Crippen molar-refractivity contribution in [2.24, 2.45) is 0 Å². The third-order valence-corrected chi connectivity index (χ3v) is 5.09. The van der Waals surface area contributed by atoms with Crippen LogP contribution in [0, 0.1) is 12.7 Å². The molecule has 0 aliphatic heterocycles. The van der Waals surface area contributed by atoms with Gasteiger partial charge in [0.1, 0.15) is 10.8 Å². The van der Waals surface area contributed by atoms with E-state index >= 15 is 0 Å². The predicted molar refractivity (Wildman–Crippen MR) is 80.0 cm³/mol. The second-order valence-corrected chi connectivity index (χ2v) is 7.56. The van der Waals surface area contributed by atoms with Crippen molar-refractivity contribution in [1.82, 2.24) is 15.0 Å². The summed E-state index contributed by atoms with van der Waals surface area (Å²) in [7, 11) is -2.01. The lowest BCUT2D eigenvalue weighted by Gasteiger charge is -2.08. The average Bonchev–Trinajstić information content (AvgIpc) is 2.85. The lowest BCUT2D eigenvalue weighted by Crippen LogP contribution is -2.23. The van der Waals surface area contributed by atoms with Gasteiger partial charge in [0.2, 0.25) is 10.0 Å². The number of aromatic nitrogens is 1. The number of nitrogens with one attached hydrogen (secondary N) is 2. The van der Waals surface area contributed by atoms with Crippen LogP contribution in [-0.4, -0.2) is 20.4 Å². The maximum Gasteiger partial charge on any atom is 0.240 e. The van der Waals surface area contributed by atoms with Crippen molar-refractivity contribution in [1.29, 1.82) is 0 Å². The highest BCUT2D eigenvalue weighted by Gasteiger charge is 2.16. The van der Waals surface area contributed by atoms with Crippen molar-refractivity contribution in [2.75, 3.05) is 7.05 Å². The molecular formula is C13H16FN3O2S2. The van der Waals surface area contributed by atoms with Crippen molar-refractivity contribution in [3.8, 4) is 0 Å². The Morgan fingerprint density at radius 2 is 2.10 bits per heavy atom. The molecule has 0 unspecified atom stereocenters. The molecule has 1 heterocycles. The highest BCUT2D eigenvalue weighted by Crippen LogP contribution is 2.16. The van der Waals surface area contributed by atoms with Gasteiger partial charge >= 0.3 is 0 Å². The van der Waals surface area contributed by atoms with Gasteiger partial charge in [-0.15, -0.1) is 11.3 Å². The lowest BCUT2D eigenvalue weighted by molar-refractivity contribution is 0.577. The van der Waals surface area contributed by atoms with Gasteiger partial charge in [-0.25, -0.2) is 22.5 Å². The van der Waals surface area contributed by atoms with Crippen LogP contribution in [0.2, 0.25) is 0 Å². The van der Waals surface area contributed by atoms with Crippen LogP contribution < -0.4 is 10.0 Å². The molecule has 2 rings (SSSR count). The Hall–Kier alpha value is -1.35. The topological polar surface area (TPSA) is 71.1 Å². The van der Waals surface area contributed by atoms with Crippen LogP contribution in [0.15, 0.2) is 29.3 Å². The first-order valence-electron chi connectivity index (χ1n) is 6.26. The SMILES string of the molecule is CNCc1cc(S(=O)(=O)NCc2ncc(C)s2)ccc1F. The van der Waals surface area contributed by atoms with Crippen LogP contribution in [0.1, 0.15) is 15.4 Å². The van der Waals surface area contributed by atoms with Crippen molar-refractivity contribution < 1.29 is 12.8 Å². The van der Waals surface area contributed by atoms with Crippen LogP contribution in [0.3, 0.4) is 0 Å². The van der Waals surface area contributed by atoms with Crippen LogP contribution in [0.5, 0.6) is 0 Å². The van der Waals surface area contributed by atoms with E-state index in [0.29, 0.717) is 10.6 Å². The molecule has 0 fully saturated rings. The molecule has 0 bridgehead atoms. The summed E-state index contributed by atoms with van der Waals surface area (Å²) in [6.07, 6.45) is 1.69. The number of rotatable bonds is 6. The summed E-state index contributed by atoms with van der Waals surface area (Å²) in [5, 5.41) is 3.49. The summed E-state index contributed by atoms with van der Waals surface area (Å²) in [5.41, 5.74) is 0.311. The van der Waals surface area contributed by atoms with Gasteiger partial charge in [-0.1, -0.05) is 0 Å². The van der Waals surface area contributed by atoms with Gasteiger partial charge in [-0.3, -0.25) is 0 Å². The van der Waals surface area contributed by atoms with E-state index in [-0.39, 0.29) is 18.0 Å². The minimum Gasteiger partial charge on any atom is -0.316 e. The first-order valence-corrected chi connectivity index (χ1v) is 8.56. The Morgan fingerprint density at radius 3 is 2.71 bits per heavy atom. The van der Waals surface area contributed by atoms with Crippen molar-refractivity contribution >= 4 is 21.4 Å². The molecule has 2 N–H and O–H groups in total. The maximum atomic E-state index is 13.5. The maximum absolute atomic E-state index is 13.5. The highest BCUT2D eigenvalue weighted by molar-refractivity contribution is 7.89. The summed E-state index contributed by atoms with van der Waals surface area (Å²) in [6.45, 7) is 2.29. The summed E-state index contributed by atoms with van der Waals surface area (Å²) in [4.78, 5) is 5.16. The second kappa shape index (κ2) is 6.61. The largest absolute Gasteiger partial charge is 0.316 e. The number of thiazole rings is 1. The van der Waals surface area contributed by atoms with Crippen LogP contribution >= 0.6 is 11.3 Å². The molecule has 0 spiro atoms. The number of hydrogen-bond acceptors (Lipinski definition) is 5. The Morgan fingerprint density at radius 1 is 1.33 bits per heavy atom. The molecule has 1 aromatic carbocycles. The van der Waals surface area contributed by atoms with Crippen molar-refractivity contribution in [3.63, 3.8) is 0 Å². The molecule has 0 saturated heterocycles. The zero-order valence-corrected chi connectivity index (χ0v) is 13.3. The van der Waals surface area contributed by atoms with Crippen LogP contribution in [0.4, 0.5) is 4.39 Å². The standard InChI is InChI=1S/C13H16FN3O2S2/c1-9-6-16-13(20-9)8-17-21(18,19)11-3-4-12(14)10(5-11)7-15-2/h3-6,15,17H,7-8H2,1-2H3. The Bertz CT molecular complexity index is 729. The molecule has 0 aliphatic rings. The lowest BCUT2D eigenvalue weighted by atomic mass is 10.2. The third kappa shape index (κ3) is 4.07. The van der Waals surface area contributed by atoms with Crippen LogP contribution in [0.25, 0.3) is 0 Å². The molecule has 0 aliphatic carbocycles. The molecule has 1 aromatic heterocycles. The first kappa shape index (κ1) is 16.0. The number of nitrogens with zero attached hydrogens (tertiary/aromatic N) is 1. The number of aryl methyl sites for hydroxylation is 1. The van der Waals surface area contributed by atoms with Gasteiger partial charge in [-0.05, 0) is 32.2 Å². The molecule has 0 atom stereocenters. The summed E-state index contributed by atoms with van der Waals surface area (Å²) in [6, 6.07) is 3.75. The normalized spacial score (nSPS) is 11.8. The predicted octanol–water partition coefficient (Wildman–Crippen LogP) is 1.79. The highest BCUT2D eigenvalue weighted by atomic mass is 32.2. The van der Waals surface area contributed by atoms with E-state index in [4.69, 9.17) is 0 Å². The number of benzene rings is 1. The summed E-state index contributed by atoms with van der Waals surface area (Å²) in [5.74, 6) is -0.432. The molecule has 8 heteroatoms. The van der Waals surface area contributed by atoms with E-state index in [2.05, 4.69) is 15.0 Å². The third-order valence-electron chi connectivity index (χ3n) is 2.78. The number of sulfonamides is 1. The van der Waals surface area contributed by atoms with Gasteiger partial charge in [0.05, 0.1) is 11.4 Å². The van der Waals surface area contributed by atoms with Crippen LogP contribution in [-0.2, 0) is 23.1 Å². The van der Waals surface area contributed by atoms with E-state index < -0.39 is 15.8 Å². The van der Waals surface area contributed by atoms with Crippen molar-refractivity contribution in [3.05, 3.63) is 45.7 Å². The molecule has 21 heavy (non-hydrogen) atoms. The first-order chi connectivity index (χ1) is 9.92. The van der Waals surface area contributed by atoms with E-state index in [1.807, 2.05) is 6.92 Å². The smallest absolute Gasteiger partial charge is 0.240 e. The molecular weight excluding hydrogens is 313 g/mol. The summed E-state index contributed by atoms with van der Waals surface area (Å²) >= 11 is 1.43. The Labute approximate surface area is 127 Å². The zero-order valence-electron chi connectivity index (χ0n) is 11.7. The van der Waals surface area contributed by atoms with Gasteiger partial charge in [-0.2, -0.15) is 0 Å². The molecule has 2 aromatic rings. The Balaban J connectivity index is 2.17. The Kier molecular flexibility index (Phi) is 5.04. The molecule has 0 saturated carbocycles. The van der Waals surface area contributed by atoms with Gasteiger partial charge < -0.3 is 5.32 Å². The average molecular weight is 329 g/mol.